The van der Waals surface area contributed by atoms with Gasteiger partial charge in [-0.3, -0.25) is 14.9 Å². The number of carbonyl (C=O) groups is 2. The molecule has 0 radical (unpaired) electrons. The van der Waals surface area contributed by atoms with Crippen molar-refractivity contribution in [1.82, 2.24) is 5.32 Å². The van der Waals surface area contributed by atoms with Crippen LogP contribution >= 0.6 is 0 Å². The topological polar surface area (TPSA) is 122 Å². The normalized spacial score (nSPS) is 35.2. The molecule has 2 amide bonds. The summed E-state index contributed by atoms with van der Waals surface area (Å²) < 4.78 is 41.7. The maximum Gasteiger partial charge on any atom is 0.269 e. The molecule has 8 nitrogen and oxygen atoms in total. The standard InChI is InChI=1S/C6HN3O5S3/c10-3-1-2(4(11)7-3)16(13)6-5(15(1)12)8-17(14)9-6/h(H,7,10,11). The molecule has 0 aromatic rings. The van der Waals surface area contributed by atoms with Gasteiger partial charge in [-0.25, -0.2) is 12.6 Å². The first kappa shape index (κ1) is 10.8. The van der Waals surface area contributed by atoms with Crippen molar-refractivity contribution in [2.75, 3.05) is 0 Å². The molecular formula is C6HN3O5S3. The van der Waals surface area contributed by atoms with Gasteiger partial charge in [-0.2, -0.15) is 8.80 Å². The van der Waals surface area contributed by atoms with E-state index < -0.39 is 44.6 Å². The number of nitrogens with one attached hydrogen (secondary N) is 1. The number of fused-ring (bicyclic) bond motifs is 1. The zero-order valence-electron chi connectivity index (χ0n) is 7.66. The maximum absolute atomic E-state index is 11.9. The van der Waals surface area contributed by atoms with Crippen LogP contribution in [0.4, 0.5) is 0 Å². The molecule has 0 fully saturated rings. The predicted molar refractivity (Wildman–Crippen MR) is 59.5 cm³/mol. The highest BCUT2D eigenvalue weighted by Crippen LogP contribution is 2.29. The van der Waals surface area contributed by atoms with Gasteiger partial charge in [-0.1, -0.05) is 0 Å². The maximum atomic E-state index is 11.9. The van der Waals surface area contributed by atoms with Gasteiger partial charge < -0.3 is 0 Å². The minimum Gasteiger partial charge on any atom is -0.287 e. The van der Waals surface area contributed by atoms with E-state index in [2.05, 4.69) is 8.80 Å². The lowest BCUT2D eigenvalue weighted by molar-refractivity contribution is -0.123. The molecule has 2 unspecified atom stereocenters. The van der Waals surface area contributed by atoms with Gasteiger partial charge in [0.05, 0.1) is 0 Å². The molecule has 0 bridgehead atoms. The fourth-order valence-electron chi connectivity index (χ4n) is 1.42. The molecule has 0 saturated carbocycles. The summed E-state index contributed by atoms with van der Waals surface area (Å²) in [5, 5.41) is 1.38. The highest BCUT2D eigenvalue weighted by atomic mass is 32.2. The molecule has 3 rings (SSSR count). The molecule has 0 spiro atoms. The Labute approximate surface area is 101 Å². The molecule has 0 saturated heterocycles. The monoisotopic (exact) mass is 291 g/mol. The first-order valence-corrected chi connectivity index (χ1v) is 7.40. The third kappa shape index (κ3) is 1.29. The smallest absolute Gasteiger partial charge is 0.269 e. The van der Waals surface area contributed by atoms with E-state index >= 15 is 0 Å². The van der Waals surface area contributed by atoms with E-state index in [1.54, 1.807) is 0 Å². The van der Waals surface area contributed by atoms with Crippen molar-refractivity contribution >= 4 is 54.7 Å². The van der Waals surface area contributed by atoms with Gasteiger partial charge in [0.15, 0.2) is 10.1 Å². The van der Waals surface area contributed by atoms with Crippen LogP contribution in [0.15, 0.2) is 18.6 Å². The molecule has 0 aromatic heterocycles. The summed E-state index contributed by atoms with van der Waals surface area (Å²) in [7, 11) is -4.13. The number of hydrogen-bond donors (Lipinski definition) is 1. The molecular weight excluding hydrogens is 290 g/mol. The van der Waals surface area contributed by atoms with Crippen molar-refractivity contribution < 1.29 is 22.2 Å². The van der Waals surface area contributed by atoms with Gasteiger partial charge in [-0.05, 0) is 0 Å². The summed E-state index contributed by atoms with van der Waals surface area (Å²) in [6, 6.07) is 0. The summed E-state index contributed by atoms with van der Waals surface area (Å²) in [6.45, 7) is 0. The molecule has 3 heterocycles. The van der Waals surface area contributed by atoms with Crippen LogP contribution < -0.4 is 5.32 Å². The van der Waals surface area contributed by atoms with Crippen molar-refractivity contribution in [2.24, 2.45) is 8.80 Å². The Morgan fingerprint density at radius 3 is 1.65 bits per heavy atom. The molecule has 11 heteroatoms. The Balaban J connectivity index is 2.32. The van der Waals surface area contributed by atoms with E-state index in [0.29, 0.717) is 0 Å². The van der Waals surface area contributed by atoms with Crippen molar-refractivity contribution in [3.8, 4) is 0 Å². The minimum absolute atomic E-state index is 0.259. The number of carbonyl (C=O) groups excluding carboxylic acids is 2. The lowest BCUT2D eigenvalue weighted by atomic mass is 10.5. The molecule has 3 aliphatic heterocycles. The zero-order chi connectivity index (χ0) is 12.3. The van der Waals surface area contributed by atoms with Crippen LogP contribution in [0.5, 0.6) is 0 Å². The molecule has 0 aliphatic carbocycles. The van der Waals surface area contributed by atoms with Crippen molar-refractivity contribution in [1.29, 1.82) is 0 Å². The third-order valence-corrected chi connectivity index (χ3v) is 6.03. The molecule has 17 heavy (non-hydrogen) atoms. The Kier molecular flexibility index (Phi) is 2.12. The minimum atomic E-state index is -2.06. The van der Waals surface area contributed by atoms with Crippen molar-refractivity contribution in [2.45, 2.75) is 0 Å². The van der Waals surface area contributed by atoms with E-state index in [4.69, 9.17) is 0 Å². The van der Waals surface area contributed by atoms with E-state index in [0.717, 1.165) is 0 Å². The van der Waals surface area contributed by atoms with E-state index in [1.807, 2.05) is 5.32 Å². The number of nitrogens with zero attached hydrogens (tertiary/aromatic N) is 2. The van der Waals surface area contributed by atoms with Gasteiger partial charge >= 0.3 is 0 Å². The summed E-state index contributed by atoms with van der Waals surface area (Å²) in [6.07, 6.45) is 0. The van der Waals surface area contributed by atoms with Gasteiger partial charge in [0.25, 0.3) is 23.0 Å². The fraction of sp³-hybridized carbons (Fsp3) is 0. The molecule has 88 valence electrons. The highest BCUT2D eigenvalue weighted by Gasteiger charge is 2.48. The van der Waals surface area contributed by atoms with Gasteiger partial charge in [-0.15, -0.1) is 0 Å². The summed E-state index contributed by atoms with van der Waals surface area (Å²) >= 11 is -1.99. The largest absolute Gasteiger partial charge is 0.287 e. The van der Waals surface area contributed by atoms with E-state index in [9.17, 15) is 22.2 Å². The SMILES string of the molecule is O=C1NC(=O)C2=C1S(=O)C1=NS(=O)N=C1S2=O. The number of imide groups is 1. The lowest BCUT2D eigenvalue weighted by Gasteiger charge is -2.09. The van der Waals surface area contributed by atoms with Gasteiger partial charge in [0.2, 0.25) is 0 Å². The molecule has 1 N–H and O–H groups in total. The zero-order valence-corrected chi connectivity index (χ0v) is 10.1. The average molecular weight is 291 g/mol. The van der Waals surface area contributed by atoms with Gasteiger partial charge in [0.1, 0.15) is 31.4 Å². The number of rotatable bonds is 0. The van der Waals surface area contributed by atoms with Crippen LogP contribution in [0, 0.1) is 0 Å². The second-order valence-electron chi connectivity index (χ2n) is 3.00. The predicted octanol–water partition coefficient (Wildman–Crippen LogP) is -2.25. The second kappa shape index (κ2) is 3.34. The first-order valence-electron chi connectivity index (χ1n) is 4.04. The number of amides is 2. The van der Waals surface area contributed by atoms with Crippen LogP contribution in [-0.2, 0) is 42.4 Å². The Morgan fingerprint density at radius 1 is 0.824 bits per heavy atom. The third-order valence-electron chi connectivity index (χ3n) is 2.07. The summed E-state index contributed by atoms with van der Waals surface area (Å²) in [5.74, 6) is -1.73. The second-order valence-corrected chi connectivity index (χ2v) is 6.49. The number of hydrogen-bond acceptors (Lipinski definition) is 5. The van der Waals surface area contributed by atoms with Crippen molar-refractivity contribution in [3.63, 3.8) is 0 Å². The Bertz CT molecular complexity index is 618. The Morgan fingerprint density at radius 2 is 1.24 bits per heavy atom. The Hall–Kier alpha value is -1.33. The molecule has 3 aliphatic rings. The molecule has 0 aromatic carbocycles. The van der Waals surface area contributed by atoms with E-state index in [-0.39, 0.29) is 19.9 Å². The van der Waals surface area contributed by atoms with Crippen LogP contribution in [0.1, 0.15) is 0 Å². The summed E-state index contributed by atoms with van der Waals surface area (Å²) in [5.41, 5.74) is 0. The van der Waals surface area contributed by atoms with Crippen LogP contribution in [-0.4, -0.2) is 34.5 Å². The van der Waals surface area contributed by atoms with Crippen LogP contribution in [0.25, 0.3) is 0 Å². The van der Waals surface area contributed by atoms with E-state index in [1.165, 1.54) is 0 Å². The van der Waals surface area contributed by atoms with Gasteiger partial charge in [0, 0.05) is 0 Å². The molecule has 2 atom stereocenters. The average Bonchev–Trinajstić information content (AvgIpc) is 2.76. The first-order chi connectivity index (χ1) is 8.00. The fourth-order valence-corrected chi connectivity index (χ4v) is 5.62. The summed E-state index contributed by atoms with van der Waals surface area (Å²) in [4.78, 5) is 21.9. The van der Waals surface area contributed by atoms with Crippen molar-refractivity contribution in [3.05, 3.63) is 9.81 Å². The lowest BCUT2D eigenvalue weighted by Crippen LogP contribution is -2.30. The highest BCUT2D eigenvalue weighted by molar-refractivity contribution is 8.20. The van der Waals surface area contributed by atoms with Crippen LogP contribution in [0.3, 0.4) is 0 Å². The quantitative estimate of drug-likeness (QED) is 0.505. The van der Waals surface area contributed by atoms with Crippen LogP contribution in [0.2, 0.25) is 0 Å².